The molecule has 8 nitrogen and oxygen atoms in total. The molecule has 1 aliphatic rings. The van der Waals surface area contributed by atoms with Crippen molar-refractivity contribution in [3.8, 4) is 0 Å². The van der Waals surface area contributed by atoms with E-state index in [1.165, 1.54) is 6.92 Å². The van der Waals surface area contributed by atoms with Gasteiger partial charge < -0.3 is 16.0 Å². The van der Waals surface area contributed by atoms with E-state index < -0.39 is 5.91 Å². The third-order valence-electron chi connectivity index (χ3n) is 4.34. The fourth-order valence-corrected chi connectivity index (χ4v) is 2.87. The summed E-state index contributed by atoms with van der Waals surface area (Å²) in [7, 11) is 0. The van der Waals surface area contributed by atoms with Crippen LogP contribution >= 0.6 is 0 Å². The van der Waals surface area contributed by atoms with Gasteiger partial charge in [-0.25, -0.2) is 4.98 Å². The molecule has 0 aliphatic heterocycles. The Bertz CT molecular complexity index is 1070. The number of rotatable bonds is 5. The number of pyridine rings is 1. The van der Waals surface area contributed by atoms with Crippen LogP contribution in [0.25, 0.3) is 5.52 Å². The molecule has 0 radical (unpaired) electrons. The lowest BCUT2D eigenvalue weighted by Crippen LogP contribution is -2.26. The summed E-state index contributed by atoms with van der Waals surface area (Å²) in [5.41, 5.74) is 2.00. The highest BCUT2D eigenvalue weighted by molar-refractivity contribution is 6.06. The van der Waals surface area contributed by atoms with Gasteiger partial charge in [-0.05, 0) is 49.2 Å². The van der Waals surface area contributed by atoms with Crippen molar-refractivity contribution in [3.63, 3.8) is 0 Å². The highest BCUT2D eigenvalue weighted by Gasteiger charge is 2.27. The van der Waals surface area contributed by atoms with Gasteiger partial charge in [0, 0.05) is 30.5 Å². The lowest BCUT2D eigenvalue weighted by Gasteiger charge is -2.06. The van der Waals surface area contributed by atoms with Crippen LogP contribution in [0.4, 0.5) is 11.4 Å². The molecule has 1 aromatic carbocycles. The van der Waals surface area contributed by atoms with Crippen LogP contribution in [-0.2, 0) is 4.79 Å². The maximum absolute atomic E-state index is 12.8. The van der Waals surface area contributed by atoms with Gasteiger partial charge in [0.1, 0.15) is 0 Å². The quantitative estimate of drug-likeness (QED) is 0.635. The Hall–Kier alpha value is -3.68. The van der Waals surface area contributed by atoms with Crippen molar-refractivity contribution in [3.05, 3.63) is 60.2 Å². The van der Waals surface area contributed by atoms with E-state index in [4.69, 9.17) is 0 Å². The van der Waals surface area contributed by atoms with E-state index in [0.717, 1.165) is 12.8 Å². The summed E-state index contributed by atoms with van der Waals surface area (Å²) in [4.78, 5) is 40.6. The van der Waals surface area contributed by atoms with E-state index in [9.17, 15) is 14.4 Å². The number of amides is 3. The molecule has 28 heavy (non-hydrogen) atoms. The first-order valence-electron chi connectivity index (χ1n) is 8.98. The molecular weight excluding hydrogens is 358 g/mol. The number of benzene rings is 1. The van der Waals surface area contributed by atoms with E-state index in [1.54, 1.807) is 53.1 Å². The second-order valence-corrected chi connectivity index (χ2v) is 6.70. The Morgan fingerprint density at radius 2 is 1.64 bits per heavy atom. The third-order valence-corrected chi connectivity index (χ3v) is 4.34. The van der Waals surface area contributed by atoms with Crippen LogP contribution in [0.15, 0.2) is 48.7 Å². The van der Waals surface area contributed by atoms with Gasteiger partial charge in [0.05, 0.1) is 5.52 Å². The zero-order valence-corrected chi connectivity index (χ0v) is 15.2. The highest BCUT2D eigenvalue weighted by atomic mass is 16.2. The summed E-state index contributed by atoms with van der Waals surface area (Å²) in [6.07, 6.45) is 3.64. The molecule has 3 N–H and O–H groups in total. The molecule has 0 bridgehead atoms. The molecule has 8 heteroatoms. The molecule has 1 fully saturated rings. The van der Waals surface area contributed by atoms with Gasteiger partial charge in [-0.2, -0.15) is 0 Å². The van der Waals surface area contributed by atoms with Gasteiger partial charge in [-0.15, -0.1) is 0 Å². The Balaban J connectivity index is 1.58. The minimum atomic E-state index is -0.432. The summed E-state index contributed by atoms with van der Waals surface area (Å²) >= 11 is 0. The van der Waals surface area contributed by atoms with Crippen LogP contribution in [0.3, 0.4) is 0 Å². The molecule has 2 aromatic heterocycles. The molecule has 2 heterocycles. The topological polar surface area (TPSA) is 105 Å². The monoisotopic (exact) mass is 377 g/mol. The zero-order valence-electron chi connectivity index (χ0n) is 15.2. The van der Waals surface area contributed by atoms with Gasteiger partial charge in [0.25, 0.3) is 11.8 Å². The van der Waals surface area contributed by atoms with Crippen molar-refractivity contribution >= 4 is 34.6 Å². The molecule has 3 aromatic rings. The minimum absolute atomic E-state index is 0.127. The summed E-state index contributed by atoms with van der Waals surface area (Å²) in [5, 5.41) is 8.34. The fraction of sp³-hybridized carbons (Fsp3) is 0.200. The van der Waals surface area contributed by atoms with Crippen LogP contribution in [-0.4, -0.2) is 33.1 Å². The Labute approximate surface area is 161 Å². The van der Waals surface area contributed by atoms with Crippen molar-refractivity contribution in [2.24, 2.45) is 0 Å². The summed E-state index contributed by atoms with van der Waals surface area (Å²) in [5.74, 6) is -0.746. The van der Waals surface area contributed by atoms with E-state index >= 15 is 0 Å². The molecule has 0 unspecified atom stereocenters. The highest BCUT2D eigenvalue weighted by Crippen LogP contribution is 2.21. The smallest absolute Gasteiger partial charge is 0.292 e. The summed E-state index contributed by atoms with van der Waals surface area (Å²) in [6, 6.07) is 12.3. The van der Waals surface area contributed by atoms with Gasteiger partial charge >= 0.3 is 0 Å². The Morgan fingerprint density at radius 3 is 2.29 bits per heavy atom. The van der Waals surface area contributed by atoms with Crippen molar-refractivity contribution in [2.75, 3.05) is 10.6 Å². The first kappa shape index (κ1) is 17.7. The maximum atomic E-state index is 12.8. The summed E-state index contributed by atoms with van der Waals surface area (Å²) in [6.45, 7) is 1.43. The molecule has 1 saturated carbocycles. The predicted octanol–water partition coefficient (Wildman–Crippen LogP) is 2.44. The van der Waals surface area contributed by atoms with Gasteiger partial charge in [-0.3, -0.25) is 18.8 Å². The minimum Gasteiger partial charge on any atom is -0.348 e. The zero-order chi connectivity index (χ0) is 19.7. The van der Waals surface area contributed by atoms with Crippen molar-refractivity contribution in [1.82, 2.24) is 14.7 Å². The molecule has 3 amide bonds. The van der Waals surface area contributed by atoms with Crippen molar-refractivity contribution in [1.29, 1.82) is 0 Å². The van der Waals surface area contributed by atoms with Crippen LogP contribution in [0, 0.1) is 0 Å². The number of carbonyl (C=O) groups is 3. The first-order chi connectivity index (χ1) is 13.5. The molecule has 0 saturated heterocycles. The first-order valence-corrected chi connectivity index (χ1v) is 8.98. The second-order valence-electron chi connectivity index (χ2n) is 6.70. The molecule has 142 valence electrons. The van der Waals surface area contributed by atoms with Crippen LogP contribution < -0.4 is 16.0 Å². The Kier molecular flexibility index (Phi) is 4.52. The van der Waals surface area contributed by atoms with Crippen LogP contribution in [0.1, 0.15) is 40.9 Å². The number of nitrogens with one attached hydrogen (secondary N) is 3. The summed E-state index contributed by atoms with van der Waals surface area (Å²) < 4.78 is 1.60. The fourth-order valence-electron chi connectivity index (χ4n) is 2.87. The number of carbonyl (C=O) groups excluding carboxylic acids is 3. The normalized spacial score (nSPS) is 13.2. The van der Waals surface area contributed by atoms with E-state index in [0.29, 0.717) is 16.9 Å². The largest absolute Gasteiger partial charge is 0.348 e. The third kappa shape index (κ3) is 3.71. The van der Waals surface area contributed by atoms with Crippen molar-refractivity contribution < 1.29 is 14.4 Å². The van der Waals surface area contributed by atoms with Crippen LogP contribution in [0.5, 0.6) is 0 Å². The number of anilines is 2. The number of fused-ring (bicyclic) bond motifs is 1. The number of hydrogen-bond acceptors (Lipinski definition) is 4. The average molecular weight is 377 g/mol. The molecule has 0 atom stereocenters. The number of aromatic nitrogens is 2. The standard InChI is InChI=1S/C20H19N5O3/c1-12(26)21-13-5-7-15(8-6-13)23-20(28)18-24-17(19(27)22-14-9-10-14)16-4-2-3-11-25(16)18/h2-8,11,14H,9-10H2,1H3,(H,21,26)(H,22,27)(H,23,28). The average Bonchev–Trinajstić information content (AvgIpc) is 3.39. The molecule has 1 aliphatic carbocycles. The van der Waals surface area contributed by atoms with Gasteiger partial charge in [0.2, 0.25) is 11.7 Å². The number of hydrogen-bond donors (Lipinski definition) is 3. The molecular formula is C20H19N5O3. The number of imidazole rings is 1. The van der Waals surface area contributed by atoms with Gasteiger partial charge in [-0.1, -0.05) is 6.07 Å². The lowest BCUT2D eigenvalue weighted by molar-refractivity contribution is -0.114. The lowest BCUT2D eigenvalue weighted by atomic mass is 10.2. The predicted molar refractivity (Wildman–Crippen MR) is 104 cm³/mol. The maximum Gasteiger partial charge on any atom is 0.292 e. The molecule has 0 spiro atoms. The number of nitrogens with zero attached hydrogens (tertiary/aromatic N) is 2. The van der Waals surface area contributed by atoms with Crippen molar-refractivity contribution in [2.45, 2.75) is 25.8 Å². The van der Waals surface area contributed by atoms with E-state index in [-0.39, 0.29) is 29.4 Å². The van der Waals surface area contributed by atoms with Crippen LogP contribution in [0.2, 0.25) is 0 Å². The van der Waals surface area contributed by atoms with Gasteiger partial charge in [0.15, 0.2) is 5.69 Å². The second kappa shape index (κ2) is 7.15. The van der Waals surface area contributed by atoms with E-state index in [2.05, 4.69) is 20.9 Å². The SMILES string of the molecule is CC(=O)Nc1ccc(NC(=O)c2nc(C(=O)NC3CC3)c3ccccn23)cc1. The molecule has 4 rings (SSSR count). The Morgan fingerprint density at radius 1 is 0.964 bits per heavy atom. The van der Waals surface area contributed by atoms with E-state index in [1.807, 2.05) is 0 Å².